The van der Waals surface area contributed by atoms with Crippen LogP contribution in [0.25, 0.3) is 0 Å². The molecule has 0 heterocycles. The van der Waals surface area contributed by atoms with Gasteiger partial charge < -0.3 is 5.32 Å². The summed E-state index contributed by atoms with van der Waals surface area (Å²) in [5.74, 6) is 1.46. The molecule has 3 aliphatic carbocycles. The third kappa shape index (κ3) is 1.20. The number of hydrogen-bond donors (Lipinski definition) is 1. The highest BCUT2D eigenvalue weighted by atomic mass is 16.1. The van der Waals surface area contributed by atoms with Crippen LogP contribution in [0.2, 0.25) is 0 Å². The fourth-order valence-electron chi connectivity index (χ4n) is 3.12. The summed E-state index contributed by atoms with van der Waals surface area (Å²) in [5.41, 5.74) is 1.67. The van der Waals surface area contributed by atoms with Crippen LogP contribution < -0.4 is 5.32 Å². The first-order chi connectivity index (χ1) is 6.43. The minimum absolute atomic E-state index is 0.0651. The molecule has 3 aliphatic rings. The molecule has 3 atom stereocenters. The van der Waals surface area contributed by atoms with Gasteiger partial charge in [-0.15, -0.1) is 0 Å². The van der Waals surface area contributed by atoms with Crippen molar-refractivity contribution in [2.75, 3.05) is 0 Å². The zero-order valence-corrected chi connectivity index (χ0v) is 9.26. The molecule has 1 N–H and O–H groups in total. The van der Waals surface area contributed by atoms with Crippen molar-refractivity contribution in [2.45, 2.75) is 39.7 Å². The van der Waals surface area contributed by atoms with Crippen molar-refractivity contribution in [3.05, 3.63) is 12.2 Å². The van der Waals surface area contributed by atoms with Gasteiger partial charge in [0.05, 0.1) is 6.04 Å². The van der Waals surface area contributed by atoms with Gasteiger partial charge in [-0.1, -0.05) is 26.0 Å². The minimum Gasteiger partial charge on any atom is -0.350 e. The van der Waals surface area contributed by atoms with Crippen molar-refractivity contribution in [3.63, 3.8) is 0 Å². The Bertz CT molecular complexity index is 293. The van der Waals surface area contributed by atoms with Crippen molar-refractivity contribution in [1.29, 1.82) is 0 Å². The monoisotopic (exact) mass is 193 g/mol. The lowest BCUT2D eigenvalue weighted by molar-refractivity contribution is -0.121. The Morgan fingerprint density at radius 1 is 1.50 bits per heavy atom. The molecule has 3 fully saturated rings. The molecule has 1 amide bonds. The molecular weight excluding hydrogens is 174 g/mol. The Kier molecular flexibility index (Phi) is 1.98. The quantitative estimate of drug-likeness (QED) is 0.635. The third-order valence-corrected chi connectivity index (χ3v) is 4.26. The van der Waals surface area contributed by atoms with E-state index in [4.69, 9.17) is 0 Å². The van der Waals surface area contributed by atoms with Crippen molar-refractivity contribution in [2.24, 2.45) is 17.3 Å². The van der Waals surface area contributed by atoms with Crippen molar-refractivity contribution >= 4 is 5.91 Å². The average Bonchev–Trinajstić information content (AvgIpc) is 2.06. The Balaban J connectivity index is 2.08. The topological polar surface area (TPSA) is 29.1 Å². The van der Waals surface area contributed by atoms with Gasteiger partial charge in [-0.3, -0.25) is 4.79 Å². The van der Waals surface area contributed by atoms with Crippen LogP contribution >= 0.6 is 0 Å². The number of carbonyl (C=O) groups is 1. The van der Waals surface area contributed by atoms with Gasteiger partial charge in [0.25, 0.3) is 0 Å². The lowest BCUT2D eigenvalue weighted by Gasteiger charge is -2.60. The number of rotatable bonds is 1. The number of nitrogens with one attached hydrogen (secondary N) is 1. The molecule has 0 saturated heterocycles. The molecule has 2 nitrogen and oxygen atoms in total. The molecule has 0 unspecified atom stereocenters. The molecule has 0 aliphatic heterocycles. The van der Waals surface area contributed by atoms with Gasteiger partial charge in [-0.05, 0) is 30.1 Å². The molecular formula is C12H19NO. The van der Waals surface area contributed by atoms with Crippen molar-refractivity contribution < 1.29 is 4.79 Å². The summed E-state index contributed by atoms with van der Waals surface area (Å²) in [6.45, 7) is 10.4. The number of amides is 1. The molecule has 2 bridgehead atoms. The molecule has 0 spiro atoms. The fourth-order valence-corrected chi connectivity index (χ4v) is 3.12. The minimum atomic E-state index is 0.0651. The maximum Gasteiger partial charge on any atom is 0.217 e. The molecule has 3 saturated carbocycles. The van der Waals surface area contributed by atoms with E-state index in [9.17, 15) is 4.79 Å². The summed E-state index contributed by atoms with van der Waals surface area (Å²) in [7, 11) is 0. The lowest BCUT2D eigenvalue weighted by Crippen LogP contribution is -2.57. The maximum atomic E-state index is 11.0. The van der Waals surface area contributed by atoms with E-state index < -0.39 is 0 Å². The first kappa shape index (κ1) is 9.75. The van der Waals surface area contributed by atoms with E-state index in [-0.39, 0.29) is 11.9 Å². The van der Waals surface area contributed by atoms with E-state index in [2.05, 4.69) is 25.7 Å². The fraction of sp³-hybridized carbons (Fsp3) is 0.750. The second-order valence-corrected chi connectivity index (χ2v) is 5.37. The highest BCUT2D eigenvalue weighted by Crippen LogP contribution is 2.60. The first-order valence-corrected chi connectivity index (χ1v) is 5.38. The number of carbonyl (C=O) groups excluding carboxylic acids is 1. The Morgan fingerprint density at radius 3 is 2.57 bits per heavy atom. The van der Waals surface area contributed by atoms with Crippen LogP contribution in [-0.4, -0.2) is 11.9 Å². The largest absolute Gasteiger partial charge is 0.350 e. The summed E-state index contributed by atoms with van der Waals surface area (Å²) >= 11 is 0. The second kappa shape index (κ2) is 2.85. The van der Waals surface area contributed by atoms with E-state index in [1.54, 1.807) is 6.92 Å². The maximum absolute atomic E-state index is 11.0. The zero-order chi connectivity index (χ0) is 10.5. The van der Waals surface area contributed by atoms with E-state index in [1.807, 2.05) is 0 Å². The lowest BCUT2D eigenvalue weighted by atomic mass is 9.46. The second-order valence-electron chi connectivity index (χ2n) is 5.37. The van der Waals surface area contributed by atoms with Crippen LogP contribution in [0, 0.1) is 17.3 Å². The summed E-state index contributed by atoms with van der Waals surface area (Å²) in [6.07, 6.45) is 2.36. The van der Waals surface area contributed by atoms with E-state index in [0.717, 1.165) is 12.3 Å². The van der Waals surface area contributed by atoms with Crippen LogP contribution in [0.1, 0.15) is 33.6 Å². The van der Waals surface area contributed by atoms with Gasteiger partial charge in [0.15, 0.2) is 0 Å². The van der Waals surface area contributed by atoms with Crippen LogP contribution in [-0.2, 0) is 4.79 Å². The van der Waals surface area contributed by atoms with E-state index in [0.29, 0.717) is 11.3 Å². The van der Waals surface area contributed by atoms with Crippen LogP contribution in [0.5, 0.6) is 0 Å². The molecule has 0 aromatic rings. The summed E-state index contributed by atoms with van der Waals surface area (Å²) in [5, 5.41) is 2.99. The number of fused-ring (bicyclic) bond motifs is 2. The SMILES string of the molecule is C=C1[C@H](NC(C)=O)C[C@H]2C[C@@H]1C2(C)C. The van der Waals surface area contributed by atoms with Gasteiger partial charge in [0.2, 0.25) is 5.91 Å². The van der Waals surface area contributed by atoms with E-state index in [1.165, 1.54) is 12.0 Å². The Hall–Kier alpha value is -0.790. The molecule has 14 heavy (non-hydrogen) atoms. The summed E-state index contributed by atoms with van der Waals surface area (Å²) in [4.78, 5) is 11.0. The van der Waals surface area contributed by atoms with Crippen LogP contribution in [0.3, 0.4) is 0 Å². The molecule has 3 rings (SSSR count). The first-order valence-electron chi connectivity index (χ1n) is 5.38. The van der Waals surface area contributed by atoms with Gasteiger partial charge in [-0.2, -0.15) is 0 Å². The molecule has 78 valence electrons. The Labute approximate surface area is 85.8 Å². The van der Waals surface area contributed by atoms with Gasteiger partial charge in [-0.25, -0.2) is 0 Å². The van der Waals surface area contributed by atoms with Crippen LogP contribution in [0.4, 0.5) is 0 Å². The smallest absolute Gasteiger partial charge is 0.217 e. The third-order valence-electron chi connectivity index (χ3n) is 4.26. The normalized spacial score (nSPS) is 38.8. The molecule has 0 aromatic carbocycles. The highest BCUT2D eigenvalue weighted by Gasteiger charge is 2.54. The predicted molar refractivity (Wildman–Crippen MR) is 56.7 cm³/mol. The van der Waals surface area contributed by atoms with Gasteiger partial charge in [0, 0.05) is 6.92 Å². The molecule has 0 radical (unpaired) electrons. The highest BCUT2D eigenvalue weighted by molar-refractivity contribution is 5.73. The molecule has 0 aromatic heterocycles. The molecule has 2 heteroatoms. The van der Waals surface area contributed by atoms with E-state index >= 15 is 0 Å². The predicted octanol–water partition coefficient (Wildman–Crippen LogP) is 2.11. The summed E-state index contributed by atoms with van der Waals surface area (Å²) < 4.78 is 0. The summed E-state index contributed by atoms with van der Waals surface area (Å²) in [6, 6.07) is 0.240. The van der Waals surface area contributed by atoms with Crippen LogP contribution in [0.15, 0.2) is 12.2 Å². The zero-order valence-electron chi connectivity index (χ0n) is 9.26. The number of hydrogen-bond acceptors (Lipinski definition) is 1. The average molecular weight is 193 g/mol. The standard InChI is InChI=1S/C12H19NO/c1-7-10-5-9(12(10,3)4)6-11(7)13-8(2)14/h9-11H,1,5-6H2,2-4H3,(H,13,14)/t9-,10+,11-/m1/s1. The van der Waals surface area contributed by atoms with Gasteiger partial charge >= 0.3 is 0 Å². The van der Waals surface area contributed by atoms with Crippen molar-refractivity contribution in [1.82, 2.24) is 5.32 Å². The Morgan fingerprint density at radius 2 is 2.14 bits per heavy atom. The van der Waals surface area contributed by atoms with Gasteiger partial charge in [0.1, 0.15) is 0 Å². The van der Waals surface area contributed by atoms with Crippen molar-refractivity contribution in [3.8, 4) is 0 Å².